The molecule has 1 N–H and O–H groups in total. The molecular weight excluding hydrogens is 196 g/mol. The van der Waals surface area contributed by atoms with Crippen molar-refractivity contribution < 1.29 is 4.74 Å². The highest BCUT2D eigenvalue weighted by molar-refractivity contribution is 8.13. The molecule has 0 spiro atoms. The van der Waals surface area contributed by atoms with E-state index in [1.165, 1.54) is 12.2 Å². The van der Waals surface area contributed by atoms with E-state index in [1.54, 1.807) is 0 Å². The van der Waals surface area contributed by atoms with Gasteiger partial charge in [0.1, 0.15) is 0 Å². The Morgan fingerprint density at radius 2 is 2.29 bits per heavy atom. The van der Waals surface area contributed by atoms with Gasteiger partial charge in [-0.3, -0.25) is 4.99 Å². The van der Waals surface area contributed by atoms with Crippen LogP contribution in [0, 0.1) is 0 Å². The van der Waals surface area contributed by atoms with Gasteiger partial charge in [0.15, 0.2) is 5.17 Å². The molecule has 80 valence electrons. The Kier molecular flexibility index (Phi) is 3.34. The summed E-state index contributed by atoms with van der Waals surface area (Å²) in [5.74, 6) is 1.19. The van der Waals surface area contributed by atoms with Crippen LogP contribution in [0.1, 0.15) is 26.7 Å². The fourth-order valence-electron chi connectivity index (χ4n) is 1.77. The Labute approximate surface area is 89.7 Å². The van der Waals surface area contributed by atoms with Gasteiger partial charge >= 0.3 is 0 Å². The number of thioether (sulfide) groups is 1. The first-order chi connectivity index (χ1) is 6.75. The lowest BCUT2D eigenvalue weighted by molar-refractivity contribution is 0.119. The van der Waals surface area contributed by atoms with Crippen LogP contribution in [0.15, 0.2) is 4.99 Å². The third-order valence-corrected chi connectivity index (χ3v) is 3.72. The van der Waals surface area contributed by atoms with E-state index in [9.17, 15) is 0 Å². The number of hydrogen-bond donors (Lipinski definition) is 1. The Balaban J connectivity index is 1.95. The predicted molar refractivity (Wildman–Crippen MR) is 60.9 cm³/mol. The minimum Gasteiger partial charge on any atom is -0.376 e. The fourth-order valence-corrected chi connectivity index (χ4v) is 2.93. The molecule has 14 heavy (non-hydrogen) atoms. The number of amidine groups is 1. The van der Waals surface area contributed by atoms with Crippen molar-refractivity contribution in [3.63, 3.8) is 0 Å². The van der Waals surface area contributed by atoms with Crippen molar-refractivity contribution in [3.8, 4) is 0 Å². The summed E-state index contributed by atoms with van der Waals surface area (Å²) in [6.45, 7) is 5.19. The van der Waals surface area contributed by atoms with Crippen LogP contribution in [0.3, 0.4) is 0 Å². The Hall–Kier alpha value is -0.220. The van der Waals surface area contributed by atoms with E-state index >= 15 is 0 Å². The van der Waals surface area contributed by atoms with Crippen molar-refractivity contribution in [3.05, 3.63) is 0 Å². The van der Waals surface area contributed by atoms with E-state index in [0.717, 1.165) is 18.2 Å². The number of hydrogen-bond acceptors (Lipinski definition) is 3. The minimum atomic E-state index is 0.294. The summed E-state index contributed by atoms with van der Waals surface area (Å²) in [7, 11) is 0. The van der Waals surface area contributed by atoms with E-state index < -0.39 is 0 Å². The maximum absolute atomic E-state index is 5.49. The van der Waals surface area contributed by atoms with Crippen LogP contribution in [-0.4, -0.2) is 35.7 Å². The second-order valence-electron chi connectivity index (χ2n) is 4.05. The van der Waals surface area contributed by atoms with Gasteiger partial charge in [0, 0.05) is 18.4 Å². The fraction of sp³-hybridized carbons (Fsp3) is 0.900. The van der Waals surface area contributed by atoms with Crippen LogP contribution in [0.4, 0.5) is 0 Å². The first-order valence-electron chi connectivity index (χ1n) is 5.34. The Morgan fingerprint density at radius 1 is 1.43 bits per heavy atom. The van der Waals surface area contributed by atoms with Gasteiger partial charge in [0.2, 0.25) is 0 Å². The van der Waals surface area contributed by atoms with Crippen LogP contribution in [0.25, 0.3) is 0 Å². The average Bonchev–Trinajstić information content (AvgIpc) is 2.52. The van der Waals surface area contributed by atoms with Gasteiger partial charge < -0.3 is 10.1 Å². The molecule has 0 aromatic carbocycles. The third-order valence-electron chi connectivity index (χ3n) is 2.78. The molecule has 2 saturated heterocycles. The van der Waals surface area contributed by atoms with Crippen LogP contribution in [0.5, 0.6) is 0 Å². The monoisotopic (exact) mass is 214 g/mol. The molecule has 2 heterocycles. The molecule has 2 aliphatic heterocycles. The molecule has 0 saturated carbocycles. The van der Waals surface area contributed by atoms with E-state index in [-0.39, 0.29) is 0 Å². The Morgan fingerprint density at radius 3 is 2.93 bits per heavy atom. The average molecular weight is 214 g/mol. The minimum absolute atomic E-state index is 0.294. The van der Waals surface area contributed by atoms with E-state index in [2.05, 4.69) is 19.2 Å². The summed E-state index contributed by atoms with van der Waals surface area (Å²) in [5.41, 5.74) is 0. The van der Waals surface area contributed by atoms with E-state index in [4.69, 9.17) is 9.73 Å². The first kappa shape index (κ1) is 10.3. The lowest BCUT2D eigenvalue weighted by Gasteiger charge is -2.23. The van der Waals surface area contributed by atoms with Crippen molar-refractivity contribution in [2.24, 2.45) is 4.99 Å². The predicted octanol–water partition coefficient (Wildman–Crippen LogP) is 1.63. The molecule has 4 heteroatoms. The normalized spacial score (nSPS) is 41.3. The summed E-state index contributed by atoms with van der Waals surface area (Å²) in [6, 6.07) is 0.947. The second kappa shape index (κ2) is 4.53. The molecule has 0 radical (unpaired) electrons. The number of aliphatic imine (C=N–C) groups is 1. The van der Waals surface area contributed by atoms with E-state index in [1.807, 2.05) is 11.8 Å². The van der Waals surface area contributed by atoms with E-state index in [0.29, 0.717) is 18.2 Å². The molecule has 3 nitrogen and oxygen atoms in total. The number of rotatable bonds is 1. The summed E-state index contributed by atoms with van der Waals surface area (Å²) >= 11 is 1.84. The zero-order valence-electron chi connectivity index (χ0n) is 8.82. The third kappa shape index (κ3) is 2.42. The van der Waals surface area contributed by atoms with Gasteiger partial charge in [-0.05, 0) is 26.7 Å². The molecule has 0 aromatic heterocycles. The van der Waals surface area contributed by atoms with Crippen LogP contribution in [0.2, 0.25) is 0 Å². The molecule has 3 unspecified atom stereocenters. The van der Waals surface area contributed by atoms with Crippen LogP contribution >= 0.6 is 11.8 Å². The highest BCUT2D eigenvalue weighted by Gasteiger charge is 2.25. The molecule has 3 atom stereocenters. The number of nitrogens with zero attached hydrogens (tertiary/aromatic N) is 1. The number of ether oxygens (including phenoxy) is 1. The molecule has 0 aliphatic carbocycles. The molecular formula is C10H18N2OS. The van der Waals surface area contributed by atoms with Crippen molar-refractivity contribution >= 4 is 16.9 Å². The highest BCUT2D eigenvalue weighted by atomic mass is 32.2. The lowest BCUT2D eigenvalue weighted by Crippen LogP contribution is -2.36. The first-order valence-corrected chi connectivity index (χ1v) is 6.33. The number of nitrogens with one attached hydrogen (secondary N) is 1. The largest absolute Gasteiger partial charge is 0.376 e. The van der Waals surface area contributed by atoms with Gasteiger partial charge in [0.05, 0.1) is 12.1 Å². The topological polar surface area (TPSA) is 33.6 Å². The molecule has 0 bridgehead atoms. The maximum atomic E-state index is 5.49. The lowest BCUT2D eigenvalue weighted by atomic mass is 10.2. The van der Waals surface area contributed by atoms with Crippen molar-refractivity contribution in [2.45, 2.75) is 44.9 Å². The summed E-state index contributed by atoms with van der Waals surface area (Å²) in [5, 5.41) is 4.54. The molecule has 2 rings (SSSR count). The van der Waals surface area contributed by atoms with Crippen molar-refractivity contribution in [1.82, 2.24) is 5.32 Å². The van der Waals surface area contributed by atoms with Gasteiger partial charge in [0.25, 0.3) is 0 Å². The molecule has 0 aromatic rings. The van der Waals surface area contributed by atoms with Gasteiger partial charge in [-0.1, -0.05) is 11.8 Å². The maximum Gasteiger partial charge on any atom is 0.157 e. The van der Waals surface area contributed by atoms with Gasteiger partial charge in [-0.15, -0.1) is 0 Å². The standard InChI is InChI=1S/C10H18N2OS/c1-7-4-6-14-10(11-7)12-9-3-5-13-8(9)2/h7-9H,3-6H2,1-2H3,(H,11,12). The zero-order chi connectivity index (χ0) is 9.97. The zero-order valence-corrected chi connectivity index (χ0v) is 9.64. The van der Waals surface area contributed by atoms with Gasteiger partial charge in [-0.2, -0.15) is 0 Å². The Bertz CT molecular complexity index is 232. The smallest absolute Gasteiger partial charge is 0.157 e. The van der Waals surface area contributed by atoms with Gasteiger partial charge in [-0.25, -0.2) is 0 Å². The van der Waals surface area contributed by atoms with Crippen LogP contribution < -0.4 is 5.32 Å². The van der Waals surface area contributed by atoms with Crippen molar-refractivity contribution in [1.29, 1.82) is 0 Å². The second-order valence-corrected chi connectivity index (χ2v) is 5.13. The highest BCUT2D eigenvalue weighted by Crippen LogP contribution is 2.20. The SMILES string of the molecule is CC1CCSC(=NC2CCOC2C)N1. The molecule has 0 amide bonds. The quantitative estimate of drug-likeness (QED) is 0.720. The molecule has 2 fully saturated rings. The summed E-state index contributed by atoms with van der Waals surface area (Å²) in [6.07, 6.45) is 2.60. The summed E-state index contributed by atoms with van der Waals surface area (Å²) in [4.78, 5) is 4.71. The molecule has 2 aliphatic rings. The van der Waals surface area contributed by atoms with Crippen molar-refractivity contribution in [2.75, 3.05) is 12.4 Å². The summed E-state index contributed by atoms with van der Waals surface area (Å²) < 4.78 is 5.49. The van der Waals surface area contributed by atoms with Crippen LogP contribution in [-0.2, 0) is 4.74 Å².